The maximum absolute atomic E-state index is 12.8. The van der Waals surface area contributed by atoms with Gasteiger partial charge >= 0.3 is 6.03 Å². The number of carbonyl (C=O) groups excluding carboxylic acids is 3. The molecule has 1 aromatic carbocycles. The van der Waals surface area contributed by atoms with Gasteiger partial charge in [-0.2, -0.15) is 0 Å². The third-order valence-corrected chi connectivity index (χ3v) is 5.69. The van der Waals surface area contributed by atoms with Crippen molar-refractivity contribution < 1.29 is 19.1 Å². The van der Waals surface area contributed by atoms with E-state index < -0.39 is 11.6 Å². The minimum Gasteiger partial charge on any atom is -0.493 e. The Morgan fingerprint density at radius 3 is 2.84 bits per heavy atom. The number of fused-ring (bicyclic) bond motifs is 1. The summed E-state index contributed by atoms with van der Waals surface area (Å²) >= 11 is 0. The van der Waals surface area contributed by atoms with Crippen molar-refractivity contribution in [1.29, 1.82) is 0 Å². The largest absolute Gasteiger partial charge is 0.493 e. The number of nitrogens with one attached hydrogen (secondary N) is 1. The molecule has 1 saturated carbocycles. The lowest BCUT2D eigenvalue weighted by Gasteiger charge is -2.33. The second-order valence-corrected chi connectivity index (χ2v) is 7.43. The minimum absolute atomic E-state index is 0.207. The van der Waals surface area contributed by atoms with E-state index in [9.17, 15) is 14.4 Å². The number of amides is 3. The average molecular weight is 342 g/mol. The number of hydrogen-bond acceptors (Lipinski definition) is 4. The zero-order valence-corrected chi connectivity index (χ0v) is 14.3. The summed E-state index contributed by atoms with van der Waals surface area (Å²) in [5.74, 6) is 0.906. The Bertz CT molecular complexity index is 750. The monoisotopic (exact) mass is 342 g/mol. The fraction of sp³-hybridized carbons (Fsp3) is 0.526. The first-order chi connectivity index (χ1) is 12.0. The second kappa shape index (κ2) is 5.86. The number of ether oxygens (including phenoxy) is 1. The van der Waals surface area contributed by atoms with Gasteiger partial charge in [0.2, 0.25) is 0 Å². The van der Waals surface area contributed by atoms with Gasteiger partial charge in [-0.15, -0.1) is 0 Å². The maximum Gasteiger partial charge on any atom is 0.325 e. The van der Waals surface area contributed by atoms with Crippen LogP contribution in [0.25, 0.3) is 0 Å². The smallest absolute Gasteiger partial charge is 0.325 e. The van der Waals surface area contributed by atoms with Gasteiger partial charge in [-0.05, 0) is 55.4 Å². The zero-order chi connectivity index (χ0) is 17.6. The molecule has 1 saturated heterocycles. The molecular formula is C19H22N2O4. The van der Waals surface area contributed by atoms with E-state index in [-0.39, 0.29) is 18.2 Å². The van der Waals surface area contributed by atoms with Crippen LogP contribution in [0.4, 0.5) is 4.79 Å². The number of imide groups is 1. The van der Waals surface area contributed by atoms with Crippen LogP contribution in [0.2, 0.25) is 0 Å². The summed E-state index contributed by atoms with van der Waals surface area (Å²) in [5.41, 5.74) is 0.721. The topological polar surface area (TPSA) is 75.7 Å². The van der Waals surface area contributed by atoms with E-state index >= 15 is 0 Å². The van der Waals surface area contributed by atoms with Crippen molar-refractivity contribution in [3.8, 4) is 5.75 Å². The molecule has 6 heteroatoms. The molecule has 0 atom stereocenters. The maximum atomic E-state index is 12.8. The molecule has 1 aromatic rings. The predicted molar refractivity (Wildman–Crippen MR) is 90.6 cm³/mol. The number of benzene rings is 1. The first-order valence-electron chi connectivity index (χ1n) is 8.91. The highest BCUT2D eigenvalue weighted by Gasteiger charge is 2.52. The molecule has 2 fully saturated rings. The van der Waals surface area contributed by atoms with E-state index in [1.54, 1.807) is 18.2 Å². The number of rotatable bonds is 3. The Morgan fingerprint density at radius 1 is 1.32 bits per heavy atom. The average Bonchev–Trinajstić information content (AvgIpc) is 3.16. The number of carbonyl (C=O) groups is 3. The van der Waals surface area contributed by atoms with E-state index in [1.807, 2.05) is 0 Å². The molecule has 6 nitrogen and oxygen atoms in total. The summed E-state index contributed by atoms with van der Waals surface area (Å²) < 4.78 is 5.44. The van der Waals surface area contributed by atoms with Crippen molar-refractivity contribution in [2.24, 2.45) is 5.92 Å². The highest BCUT2D eigenvalue weighted by atomic mass is 16.5. The van der Waals surface area contributed by atoms with Crippen molar-refractivity contribution in [2.45, 2.75) is 44.6 Å². The number of hydrogen-bond donors (Lipinski definition) is 1. The standard InChI is InChI=1S/C19H22N2O4/c1-12-4-7-19(8-5-12)17(23)21(18(24)20-19)11-15(22)13-2-3-16-14(10-13)6-9-25-16/h2-3,10,12H,4-9,11H2,1H3,(H,20,24). The number of ketones is 1. The number of nitrogens with zero attached hydrogens (tertiary/aromatic N) is 1. The Balaban J connectivity index is 1.49. The van der Waals surface area contributed by atoms with Crippen LogP contribution in [0.5, 0.6) is 5.75 Å². The third-order valence-electron chi connectivity index (χ3n) is 5.69. The van der Waals surface area contributed by atoms with Crippen LogP contribution in [0.15, 0.2) is 18.2 Å². The molecule has 1 aliphatic carbocycles. The lowest BCUT2D eigenvalue weighted by atomic mass is 9.77. The molecule has 0 aromatic heterocycles. The van der Waals surface area contributed by atoms with Gasteiger partial charge in [-0.25, -0.2) is 4.79 Å². The molecule has 3 amide bonds. The van der Waals surface area contributed by atoms with Gasteiger partial charge in [0.25, 0.3) is 5.91 Å². The van der Waals surface area contributed by atoms with Crippen LogP contribution in [-0.2, 0) is 11.2 Å². The van der Waals surface area contributed by atoms with Gasteiger partial charge < -0.3 is 10.1 Å². The Labute approximate surface area is 146 Å². The highest BCUT2D eigenvalue weighted by Crippen LogP contribution is 2.36. The van der Waals surface area contributed by atoms with E-state index in [4.69, 9.17) is 4.74 Å². The van der Waals surface area contributed by atoms with Gasteiger partial charge in [0.05, 0.1) is 13.2 Å². The van der Waals surface area contributed by atoms with E-state index in [1.165, 1.54) is 0 Å². The van der Waals surface area contributed by atoms with Crippen LogP contribution < -0.4 is 10.1 Å². The van der Waals surface area contributed by atoms with Crippen molar-refractivity contribution in [2.75, 3.05) is 13.2 Å². The van der Waals surface area contributed by atoms with Crippen LogP contribution in [0, 0.1) is 5.92 Å². The summed E-state index contributed by atoms with van der Waals surface area (Å²) in [6, 6.07) is 4.84. The van der Waals surface area contributed by atoms with Crippen LogP contribution in [0.1, 0.15) is 48.5 Å². The van der Waals surface area contributed by atoms with Gasteiger partial charge in [-0.3, -0.25) is 14.5 Å². The van der Waals surface area contributed by atoms with E-state index in [2.05, 4.69) is 12.2 Å². The SMILES string of the molecule is CC1CCC2(CC1)NC(=O)N(CC(=O)c1ccc3c(c1)CCO3)C2=O. The summed E-state index contributed by atoms with van der Waals surface area (Å²) in [4.78, 5) is 38.8. The fourth-order valence-electron chi connectivity index (χ4n) is 4.01. The van der Waals surface area contributed by atoms with Gasteiger partial charge in [-0.1, -0.05) is 6.92 Å². The normalized spacial score (nSPS) is 28.0. The molecular weight excluding hydrogens is 320 g/mol. The molecule has 1 spiro atoms. The predicted octanol–water partition coefficient (Wildman–Crippen LogP) is 2.30. The minimum atomic E-state index is -0.796. The van der Waals surface area contributed by atoms with Gasteiger partial charge in [0, 0.05) is 12.0 Å². The molecule has 2 heterocycles. The Kier molecular flexibility index (Phi) is 3.78. The van der Waals surface area contributed by atoms with Crippen molar-refractivity contribution in [3.05, 3.63) is 29.3 Å². The first kappa shape index (κ1) is 16.1. The lowest BCUT2D eigenvalue weighted by molar-refractivity contribution is -0.132. The molecule has 3 aliphatic rings. The summed E-state index contributed by atoms with van der Waals surface area (Å²) in [6.07, 6.45) is 3.91. The Hall–Kier alpha value is -2.37. The Morgan fingerprint density at radius 2 is 2.08 bits per heavy atom. The molecule has 1 N–H and O–H groups in total. The van der Waals surface area contributed by atoms with Crippen LogP contribution >= 0.6 is 0 Å². The molecule has 132 valence electrons. The summed E-state index contributed by atoms with van der Waals surface area (Å²) in [5, 5.41) is 2.85. The second-order valence-electron chi connectivity index (χ2n) is 7.43. The van der Waals surface area contributed by atoms with E-state index in [0.29, 0.717) is 30.9 Å². The van der Waals surface area contributed by atoms with Gasteiger partial charge in [0.15, 0.2) is 5.78 Å². The summed E-state index contributed by atoms with van der Waals surface area (Å²) in [6.45, 7) is 2.58. The molecule has 0 bridgehead atoms. The molecule has 0 radical (unpaired) electrons. The third kappa shape index (κ3) is 2.69. The van der Waals surface area contributed by atoms with Crippen LogP contribution in [0.3, 0.4) is 0 Å². The zero-order valence-electron chi connectivity index (χ0n) is 14.3. The van der Waals surface area contributed by atoms with Crippen molar-refractivity contribution in [3.63, 3.8) is 0 Å². The lowest BCUT2D eigenvalue weighted by Crippen LogP contribution is -2.49. The highest BCUT2D eigenvalue weighted by molar-refractivity contribution is 6.11. The van der Waals surface area contributed by atoms with Crippen LogP contribution in [-0.4, -0.2) is 41.3 Å². The molecule has 2 aliphatic heterocycles. The molecule has 4 rings (SSSR count). The fourth-order valence-corrected chi connectivity index (χ4v) is 4.01. The van der Waals surface area contributed by atoms with Gasteiger partial charge in [0.1, 0.15) is 11.3 Å². The summed E-state index contributed by atoms with van der Waals surface area (Å²) in [7, 11) is 0. The molecule has 25 heavy (non-hydrogen) atoms. The molecule has 0 unspecified atom stereocenters. The number of Topliss-reactive ketones (excluding diaryl/α,β-unsaturated/α-hetero) is 1. The number of urea groups is 1. The van der Waals surface area contributed by atoms with Crippen molar-refractivity contribution >= 4 is 17.7 Å². The van der Waals surface area contributed by atoms with E-state index in [0.717, 1.165) is 35.5 Å². The first-order valence-corrected chi connectivity index (χ1v) is 8.91. The quantitative estimate of drug-likeness (QED) is 0.675. The van der Waals surface area contributed by atoms with Crippen molar-refractivity contribution in [1.82, 2.24) is 10.2 Å².